The number of piperidine rings is 1. The first-order valence-electron chi connectivity index (χ1n) is 7.16. The van der Waals surface area contributed by atoms with E-state index in [4.69, 9.17) is 4.74 Å². The number of methoxy groups -OCH3 is 1. The topological polar surface area (TPSA) is 58.6 Å². The van der Waals surface area contributed by atoms with Crippen LogP contribution >= 0.6 is 0 Å². The Kier molecular flexibility index (Phi) is 4.60. The van der Waals surface area contributed by atoms with E-state index < -0.39 is 10.0 Å². The molecule has 21 heavy (non-hydrogen) atoms. The minimum atomic E-state index is -3.42. The molecule has 0 radical (unpaired) electrons. The number of ether oxygens (including phenoxy) is 1. The second-order valence-corrected chi connectivity index (χ2v) is 7.78. The summed E-state index contributed by atoms with van der Waals surface area (Å²) in [5.41, 5.74) is 0.859. The third kappa shape index (κ3) is 3.22. The van der Waals surface area contributed by atoms with E-state index in [9.17, 15) is 8.42 Å². The Morgan fingerprint density at radius 1 is 1.29 bits per heavy atom. The Bertz CT molecular complexity index is 605. The molecule has 0 aliphatic carbocycles. The van der Waals surface area contributed by atoms with Crippen molar-refractivity contribution in [2.45, 2.75) is 37.1 Å². The lowest BCUT2D eigenvalue weighted by Crippen LogP contribution is -2.51. The van der Waals surface area contributed by atoms with Crippen LogP contribution in [0.2, 0.25) is 0 Å². The van der Waals surface area contributed by atoms with Gasteiger partial charge < -0.3 is 10.1 Å². The highest BCUT2D eigenvalue weighted by molar-refractivity contribution is 7.89. The van der Waals surface area contributed by atoms with E-state index in [1.54, 1.807) is 29.6 Å². The van der Waals surface area contributed by atoms with Gasteiger partial charge >= 0.3 is 0 Å². The molecule has 2 rings (SSSR count). The van der Waals surface area contributed by atoms with E-state index >= 15 is 0 Å². The Balaban J connectivity index is 2.21. The first-order chi connectivity index (χ1) is 9.82. The molecule has 0 spiro atoms. The first-order valence-corrected chi connectivity index (χ1v) is 8.60. The smallest absolute Gasteiger partial charge is 0.243 e. The highest BCUT2D eigenvalue weighted by Gasteiger charge is 2.34. The molecule has 1 aromatic rings. The van der Waals surface area contributed by atoms with Crippen LogP contribution in [-0.4, -0.2) is 45.5 Å². The number of nitrogens with zero attached hydrogens (tertiary/aromatic N) is 1. The van der Waals surface area contributed by atoms with Crippen molar-refractivity contribution in [2.24, 2.45) is 0 Å². The zero-order valence-corrected chi connectivity index (χ0v) is 14.0. The van der Waals surface area contributed by atoms with E-state index in [0.29, 0.717) is 23.7 Å². The largest absolute Gasteiger partial charge is 0.496 e. The van der Waals surface area contributed by atoms with Crippen LogP contribution in [0, 0.1) is 6.92 Å². The fraction of sp³-hybridized carbons (Fsp3) is 0.600. The Morgan fingerprint density at radius 2 is 1.90 bits per heavy atom. The van der Waals surface area contributed by atoms with E-state index in [1.165, 1.54) is 0 Å². The van der Waals surface area contributed by atoms with Gasteiger partial charge in [-0.25, -0.2) is 8.42 Å². The summed E-state index contributed by atoms with van der Waals surface area (Å²) in [7, 11) is 0.0927. The number of sulfonamides is 1. The summed E-state index contributed by atoms with van der Waals surface area (Å²) in [5, 5.41) is 3.28. The Hall–Kier alpha value is -1.11. The van der Waals surface area contributed by atoms with E-state index in [0.717, 1.165) is 18.4 Å². The van der Waals surface area contributed by atoms with Gasteiger partial charge in [0.15, 0.2) is 0 Å². The van der Waals surface area contributed by atoms with Crippen LogP contribution < -0.4 is 10.1 Å². The average molecular weight is 312 g/mol. The van der Waals surface area contributed by atoms with E-state index in [-0.39, 0.29) is 5.54 Å². The van der Waals surface area contributed by atoms with Gasteiger partial charge in [-0.2, -0.15) is 4.31 Å². The molecule has 1 heterocycles. The molecule has 1 fully saturated rings. The van der Waals surface area contributed by atoms with Crippen molar-refractivity contribution in [3.63, 3.8) is 0 Å². The first kappa shape index (κ1) is 16.3. The van der Waals surface area contributed by atoms with Crippen LogP contribution in [0.1, 0.15) is 25.3 Å². The molecule has 5 nitrogen and oxygen atoms in total. The van der Waals surface area contributed by atoms with Crippen molar-refractivity contribution in [3.8, 4) is 5.75 Å². The lowest BCUT2D eigenvalue weighted by Gasteiger charge is -2.38. The van der Waals surface area contributed by atoms with E-state index in [2.05, 4.69) is 12.2 Å². The fourth-order valence-corrected chi connectivity index (χ4v) is 4.16. The standard InChI is InChI=1S/C15H24N2O3S/c1-12-11-13(5-6-14(12)20-4)21(18,19)17-9-7-15(2,16-3)8-10-17/h5-6,11,16H,7-10H2,1-4H3. The summed E-state index contributed by atoms with van der Waals surface area (Å²) in [5.74, 6) is 0.704. The molecule has 0 amide bonds. The van der Waals surface area contributed by atoms with E-state index in [1.807, 2.05) is 14.0 Å². The van der Waals surface area contributed by atoms with Crippen LogP contribution in [0.15, 0.2) is 23.1 Å². The SMILES string of the molecule is CNC1(C)CCN(S(=O)(=O)c2ccc(OC)c(C)c2)CC1. The fourth-order valence-electron chi connectivity index (χ4n) is 2.63. The maximum absolute atomic E-state index is 12.7. The molecule has 0 bridgehead atoms. The average Bonchev–Trinajstić information content (AvgIpc) is 2.47. The maximum Gasteiger partial charge on any atom is 0.243 e. The number of aryl methyl sites for hydroxylation is 1. The molecule has 0 saturated carbocycles. The van der Waals surface area contributed by atoms with Gasteiger partial charge in [0.05, 0.1) is 12.0 Å². The van der Waals surface area contributed by atoms with Crippen molar-refractivity contribution in [2.75, 3.05) is 27.2 Å². The molecule has 118 valence electrons. The molecule has 1 saturated heterocycles. The maximum atomic E-state index is 12.7. The second-order valence-electron chi connectivity index (χ2n) is 5.85. The van der Waals surface area contributed by atoms with Crippen molar-refractivity contribution >= 4 is 10.0 Å². The Morgan fingerprint density at radius 3 is 2.38 bits per heavy atom. The van der Waals surface area contributed by atoms with Gasteiger partial charge in [0.1, 0.15) is 5.75 Å². The van der Waals surface area contributed by atoms with Crippen molar-refractivity contribution < 1.29 is 13.2 Å². The lowest BCUT2D eigenvalue weighted by atomic mass is 9.91. The molecule has 1 aromatic carbocycles. The quantitative estimate of drug-likeness (QED) is 0.920. The van der Waals surface area contributed by atoms with Crippen LogP contribution in [0.3, 0.4) is 0 Å². The van der Waals surface area contributed by atoms with Crippen LogP contribution in [0.5, 0.6) is 5.75 Å². The summed E-state index contributed by atoms with van der Waals surface area (Å²) < 4.78 is 32.2. The minimum Gasteiger partial charge on any atom is -0.496 e. The van der Waals surface area contributed by atoms with Gasteiger partial charge in [0.2, 0.25) is 10.0 Å². The van der Waals surface area contributed by atoms with Crippen LogP contribution in [0.25, 0.3) is 0 Å². The third-order valence-electron chi connectivity index (χ3n) is 4.43. The molecule has 0 unspecified atom stereocenters. The lowest BCUT2D eigenvalue weighted by molar-refractivity contribution is 0.219. The molecule has 1 aliphatic heterocycles. The number of benzene rings is 1. The van der Waals surface area contributed by atoms with Crippen LogP contribution in [0.4, 0.5) is 0 Å². The summed E-state index contributed by atoms with van der Waals surface area (Å²) in [6.45, 7) is 5.08. The van der Waals surface area contributed by atoms with Gasteiger partial charge in [0, 0.05) is 18.6 Å². The van der Waals surface area contributed by atoms with Gasteiger partial charge in [-0.15, -0.1) is 0 Å². The molecular formula is C15H24N2O3S. The Labute approximate surface area is 127 Å². The third-order valence-corrected chi connectivity index (χ3v) is 6.33. The van der Waals surface area contributed by atoms with Crippen LogP contribution in [-0.2, 0) is 10.0 Å². The minimum absolute atomic E-state index is 0.0296. The predicted octanol–water partition coefficient (Wildman–Crippen LogP) is 1.77. The molecular weight excluding hydrogens is 288 g/mol. The summed E-state index contributed by atoms with van der Waals surface area (Å²) in [6.07, 6.45) is 1.63. The number of nitrogens with one attached hydrogen (secondary N) is 1. The normalized spacial score (nSPS) is 19.4. The van der Waals surface area contributed by atoms with Crippen molar-refractivity contribution in [1.82, 2.24) is 9.62 Å². The van der Waals surface area contributed by atoms with Gasteiger partial charge in [-0.1, -0.05) is 0 Å². The summed E-state index contributed by atoms with van der Waals surface area (Å²) >= 11 is 0. The molecule has 1 aliphatic rings. The van der Waals surface area contributed by atoms with Gasteiger partial charge in [-0.3, -0.25) is 0 Å². The molecule has 0 atom stereocenters. The summed E-state index contributed by atoms with van der Waals surface area (Å²) in [6, 6.07) is 5.01. The molecule has 1 N–H and O–H groups in total. The molecule has 0 aromatic heterocycles. The number of rotatable bonds is 4. The zero-order chi connectivity index (χ0) is 15.7. The molecule has 6 heteroatoms. The monoisotopic (exact) mass is 312 g/mol. The highest BCUT2D eigenvalue weighted by Crippen LogP contribution is 2.28. The predicted molar refractivity (Wildman–Crippen MR) is 83.2 cm³/mol. The number of hydrogen-bond donors (Lipinski definition) is 1. The van der Waals surface area contributed by atoms with Crippen molar-refractivity contribution in [1.29, 1.82) is 0 Å². The number of hydrogen-bond acceptors (Lipinski definition) is 4. The zero-order valence-electron chi connectivity index (χ0n) is 13.1. The van der Waals surface area contributed by atoms with Gasteiger partial charge in [-0.05, 0) is 57.5 Å². The second kappa shape index (κ2) is 5.94. The summed E-state index contributed by atoms with van der Waals surface area (Å²) in [4.78, 5) is 0.342. The van der Waals surface area contributed by atoms with Gasteiger partial charge in [0.25, 0.3) is 0 Å². The van der Waals surface area contributed by atoms with Crippen molar-refractivity contribution in [3.05, 3.63) is 23.8 Å². The highest BCUT2D eigenvalue weighted by atomic mass is 32.2.